The summed E-state index contributed by atoms with van der Waals surface area (Å²) in [5.41, 5.74) is 0.342. The van der Waals surface area contributed by atoms with Gasteiger partial charge >= 0.3 is 0 Å². The molecule has 106 valence electrons. The lowest BCUT2D eigenvalue weighted by Gasteiger charge is -2.28. The van der Waals surface area contributed by atoms with Gasteiger partial charge in [-0.3, -0.25) is 4.79 Å². The highest BCUT2D eigenvalue weighted by atomic mass is 16.3. The van der Waals surface area contributed by atoms with Gasteiger partial charge in [-0.1, -0.05) is 13.0 Å². The van der Waals surface area contributed by atoms with E-state index >= 15 is 0 Å². The zero-order chi connectivity index (χ0) is 14.6. The third-order valence-electron chi connectivity index (χ3n) is 2.95. The Morgan fingerprint density at radius 1 is 1.32 bits per heavy atom. The lowest BCUT2D eigenvalue weighted by molar-refractivity contribution is 0.0313. The maximum Gasteiger partial charge on any atom is 0.257 e. The number of phenolic OH excluding ortho intramolecular Hbond substituents is 1. The van der Waals surface area contributed by atoms with Crippen LogP contribution in [0.15, 0.2) is 18.2 Å². The van der Waals surface area contributed by atoms with Crippen molar-refractivity contribution in [3.63, 3.8) is 0 Å². The number of rotatable bonds is 5. The van der Waals surface area contributed by atoms with E-state index in [4.69, 9.17) is 0 Å². The molecule has 0 aromatic heterocycles. The van der Waals surface area contributed by atoms with Crippen LogP contribution in [0.5, 0.6) is 5.75 Å². The van der Waals surface area contributed by atoms with Crippen LogP contribution in [0.4, 0.5) is 0 Å². The molecule has 0 saturated carbocycles. The summed E-state index contributed by atoms with van der Waals surface area (Å²) in [6, 6.07) is 5.06. The molecule has 4 heteroatoms. The molecule has 0 unspecified atom stereocenters. The first-order valence-electron chi connectivity index (χ1n) is 6.62. The summed E-state index contributed by atoms with van der Waals surface area (Å²) in [6.45, 7) is 7.88. The Labute approximate surface area is 114 Å². The van der Waals surface area contributed by atoms with Gasteiger partial charge in [0.1, 0.15) is 5.75 Å². The van der Waals surface area contributed by atoms with Gasteiger partial charge in [-0.25, -0.2) is 0 Å². The van der Waals surface area contributed by atoms with Gasteiger partial charge in [-0.15, -0.1) is 0 Å². The van der Waals surface area contributed by atoms with Crippen LogP contribution >= 0.6 is 0 Å². The number of phenols is 1. The summed E-state index contributed by atoms with van der Waals surface area (Å²) in [5.74, 6) is -0.270. The highest BCUT2D eigenvalue weighted by Crippen LogP contribution is 2.21. The van der Waals surface area contributed by atoms with E-state index in [0.717, 1.165) is 12.0 Å². The molecule has 1 aromatic carbocycles. The number of carbonyl (C=O) groups is 1. The lowest BCUT2D eigenvalue weighted by atomic mass is 10.0. The van der Waals surface area contributed by atoms with Crippen LogP contribution in [0.1, 0.15) is 43.6 Å². The lowest BCUT2D eigenvalue weighted by Crippen LogP contribution is -2.42. The van der Waals surface area contributed by atoms with E-state index in [1.165, 1.54) is 4.90 Å². The van der Waals surface area contributed by atoms with Crippen molar-refractivity contribution in [1.29, 1.82) is 0 Å². The largest absolute Gasteiger partial charge is 0.507 e. The Morgan fingerprint density at radius 2 is 1.95 bits per heavy atom. The molecular formula is C15H23NO3. The molecule has 19 heavy (non-hydrogen) atoms. The first-order chi connectivity index (χ1) is 8.78. The van der Waals surface area contributed by atoms with Gasteiger partial charge in [-0.2, -0.15) is 0 Å². The van der Waals surface area contributed by atoms with E-state index in [-0.39, 0.29) is 18.2 Å². The molecule has 0 aliphatic heterocycles. The van der Waals surface area contributed by atoms with Crippen LogP contribution in [0.25, 0.3) is 0 Å². The SMILES string of the molecule is CCc1ccc(O)c(C(=O)N(CC)CC(C)(C)O)c1. The van der Waals surface area contributed by atoms with E-state index in [2.05, 4.69) is 0 Å². The minimum atomic E-state index is -0.955. The Bertz CT molecular complexity index is 449. The third kappa shape index (κ3) is 4.24. The summed E-state index contributed by atoms with van der Waals surface area (Å²) in [7, 11) is 0. The number of amides is 1. The second-order valence-corrected chi connectivity index (χ2v) is 5.34. The molecule has 0 atom stereocenters. The number of likely N-dealkylation sites (N-methyl/N-ethyl adjacent to an activating group) is 1. The minimum Gasteiger partial charge on any atom is -0.507 e. The number of benzene rings is 1. The predicted molar refractivity (Wildman–Crippen MR) is 75.4 cm³/mol. The second kappa shape index (κ2) is 6.06. The van der Waals surface area contributed by atoms with Crippen molar-refractivity contribution in [3.05, 3.63) is 29.3 Å². The molecule has 2 N–H and O–H groups in total. The number of aliphatic hydroxyl groups is 1. The predicted octanol–water partition coefficient (Wildman–Crippen LogP) is 2.19. The van der Waals surface area contributed by atoms with Gasteiger partial charge in [0.2, 0.25) is 0 Å². The molecule has 0 bridgehead atoms. The van der Waals surface area contributed by atoms with Crippen molar-refractivity contribution < 1.29 is 15.0 Å². The number of carbonyl (C=O) groups excluding carboxylic acids is 1. The van der Waals surface area contributed by atoms with Crippen molar-refractivity contribution in [3.8, 4) is 5.75 Å². The minimum absolute atomic E-state index is 0.0172. The average Bonchev–Trinajstić information content (AvgIpc) is 2.34. The van der Waals surface area contributed by atoms with Crippen LogP contribution in [0.3, 0.4) is 0 Å². The maximum absolute atomic E-state index is 12.4. The normalized spacial score (nSPS) is 11.4. The quantitative estimate of drug-likeness (QED) is 0.858. The molecule has 0 fully saturated rings. The van der Waals surface area contributed by atoms with Gasteiger partial charge in [0.15, 0.2) is 0 Å². The highest BCUT2D eigenvalue weighted by Gasteiger charge is 2.24. The highest BCUT2D eigenvalue weighted by molar-refractivity contribution is 5.97. The molecule has 1 amide bonds. The van der Waals surface area contributed by atoms with Crippen LogP contribution in [0.2, 0.25) is 0 Å². The third-order valence-corrected chi connectivity index (χ3v) is 2.95. The van der Waals surface area contributed by atoms with Crippen molar-refractivity contribution in [2.75, 3.05) is 13.1 Å². The topological polar surface area (TPSA) is 60.8 Å². The number of nitrogens with zero attached hydrogens (tertiary/aromatic N) is 1. The fraction of sp³-hybridized carbons (Fsp3) is 0.533. The molecule has 0 heterocycles. The number of hydrogen-bond acceptors (Lipinski definition) is 3. The van der Waals surface area contributed by atoms with E-state index in [9.17, 15) is 15.0 Å². The van der Waals surface area contributed by atoms with Gasteiger partial charge < -0.3 is 15.1 Å². The first kappa shape index (κ1) is 15.5. The summed E-state index contributed by atoms with van der Waals surface area (Å²) in [5, 5.41) is 19.7. The van der Waals surface area contributed by atoms with Gasteiger partial charge in [0, 0.05) is 13.1 Å². The molecule has 1 aromatic rings. The Kier molecular flexibility index (Phi) is 4.95. The second-order valence-electron chi connectivity index (χ2n) is 5.34. The van der Waals surface area contributed by atoms with Crippen molar-refractivity contribution in [2.45, 2.75) is 39.7 Å². The van der Waals surface area contributed by atoms with Crippen molar-refractivity contribution in [2.24, 2.45) is 0 Å². The molecule has 0 saturated heterocycles. The number of hydrogen-bond donors (Lipinski definition) is 2. The maximum atomic E-state index is 12.4. The summed E-state index contributed by atoms with van der Waals surface area (Å²) in [4.78, 5) is 13.9. The molecule has 0 radical (unpaired) electrons. The molecule has 0 aliphatic carbocycles. The monoisotopic (exact) mass is 265 g/mol. The van der Waals surface area contributed by atoms with Crippen molar-refractivity contribution in [1.82, 2.24) is 4.90 Å². The smallest absolute Gasteiger partial charge is 0.257 e. The molecule has 4 nitrogen and oxygen atoms in total. The van der Waals surface area contributed by atoms with Crippen LogP contribution in [0, 0.1) is 0 Å². The zero-order valence-electron chi connectivity index (χ0n) is 12.1. The Morgan fingerprint density at radius 3 is 2.42 bits per heavy atom. The van der Waals surface area contributed by atoms with Crippen LogP contribution in [-0.2, 0) is 6.42 Å². The van der Waals surface area contributed by atoms with Crippen LogP contribution in [-0.4, -0.2) is 39.7 Å². The standard InChI is InChI=1S/C15H23NO3/c1-5-11-7-8-13(17)12(9-11)14(18)16(6-2)10-15(3,4)19/h7-9,17,19H,5-6,10H2,1-4H3. The zero-order valence-corrected chi connectivity index (χ0v) is 12.1. The van der Waals surface area contributed by atoms with E-state index in [1.807, 2.05) is 13.8 Å². The Balaban J connectivity index is 3.03. The fourth-order valence-corrected chi connectivity index (χ4v) is 1.94. The van der Waals surface area contributed by atoms with Gasteiger partial charge in [0.05, 0.1) is 11.2 Å². The number of aromatic hydroxyl groups is 1. The first-order valence-corrected chi connectivity index (χ1v) is 6.62. The van der Waals surface area contributed by atoms with Gasteiger partial charge in [0.25, 0.3) is 5.91 Å². The average molecular weight is 265 g/mol. The Hall–Kier alpha value is -1.55. The van der Waals surface area contributed by atoms with E-state index in [1.54, 1.807) is 32.0 Å². The summed E-state index contributed by atoms with van der Waals surface area (Å²) >= 11 is 0. The fourth-order valence-electron chi connectivity index (χ4n) is 1.94. The molecule has 1 rings (SSSR count). The molecule has 0 aliphatic rings. The van der Waals surface area contributed by atoms with Crippen molar-refractivity contribution >= 4 is 5.91 Å². The van der Waals surface area contributed by atoms with E-state index < -0.39 is 5.60 Å². The number of aryl methyl sites for hydroxylation is 1. The van der Waals surface area contributed by atoms with Crippen LogP contribution < -0.4 is 0 Å². The molecule has 0 spiro atoms. The summed E-state index contributed by atoms with van der Waals surface area (Å²) in [6.07, 6.45) is 0.804. The molecular weight excluding hydrogens is 242 g/mol. The summed E-state index contributed by atoms with van der Waals surface area (Å²) < 4.78 is 0. The van der Waals surface area contributed by atoms with E-state index in [0.29, 0.717) is 12.1 Å². The van der Waals surface area contributed by atoms with Gasteiger partial charge in [-0.05, 0) is 44.9 Å².